The van der Waals surface area contributed by atoms with E-state index in [1.54, 1.807) is 28.7 Å². The van der Waals surface area contributed by atoms with Crippen LogP contribution < -0.4 is 10.9 Å². The summed E-state index contributed by atoms with van der Waals surface area (Å²) in [5.74, 6) is 0.755. The summed E-state index contributed by atoms with van der Waals surface area (Å²) in [6.45, 7) is 6.83. The van der Waals surface area contributed by atoms with Gasteiger partial charge in [-0.3, -0.25) is 4.79 Å². The third kappa shape index (κ3) is 4.54. The van der Waals surface area contributed by atoms with Gasteiger partial charge in [0, 0.05) is 30.2 Å². The lowest BCUT2D eigenvalue weighted by Gasteiger charge is -2.21. The summed E-state index contributed by atoms with van der Waals surface area (Å²) in [7, 11) is 0. The number of hydrogen-bond donors (Lipinski definition) is 2. The van der Waals surface area contributed by atoms with Crippen LogP contribution >= 0.6 is 11.8 Å². The van der Waals surface area contributed by atoms with Crippen LogP contribution in [-0.2, 0) is 6.54 Å². The fourth-order valence-corrected chi connectivity index (χ4v) is 2.45. The Balaban J connectivity index is 2.87. The summed E-state index contributed by atoms with van der Waals surface area (Å²) < 4.78 is 1.67. The monoisotopic (exact) mass is 285 g/mol. The molecule has 0 saturated carbocycles. The topological polar surface area (TPSA) is 67.2 Å². The van der Waals surface area contributed by atoms with Crippen LogP contribution in [0, 0.1) is 5.92 Å². The van der Waals surface area contributed by atoms with Gasteiger partial charge in [0.2, 0.25) is 0 Å². The van der Waals surface area contributed by atoms with Crippen molar-refractivity contribution in [3.63, 3.8) is 0 Å². The standard InChI is InChI=1S/C13H23N3O2S/c1-9(2)7-16-6-5-14-12(13(16)18)15-10(3)11(8-17)19-4/h5-6,9-11,17H,7-8H2,1-4H3,(H,14,15). The van der Waals surface area contributed by atoms with Gasteiger partial charge in [-0.15, -0.1) is 0 Å². The number of nitrogens with one attached hydrogen (secondary N) is 1. The first-order chi connectivity index (χ1) is 8.99. The molecule has 2 unspecified atom stereocenters. The molecule has 6 heteroatoms. The van der Waals surface area contributed by atoms with E-state index in [4.69, 9.17) is 0 Å². The number of hydrogen-bond acceptors (Lipinski definition) is 5. The lowest BCUT2D eigenvalue weighted by atomic mass is 10.2. The Kier molecular flexibility index (Phi) is 6.37. The van der Waals surface area contributed by atoms with Gasteiger partial charge in [-0.05, 0) is 19.1 Å². The first-order valence-electron chi connectivity index (χ1n) is 6.45. The van der Waals surface area contributed by atoms with Gasteiger partial charge >= 0.3 is 0 Å². The van der Waals surface area contributed by atoms with Crippen molar-refractivity contribution in [3.05, 3.63) is 22.7 Å². The van der Waals surface area contributed by atoms with Gasteiger partial charge < -0.3 is 15.0 Å². The van der Waals surface area contributed by atoms with Gasteiger partial charge in [-0.25, -0.2) is 4.98 Å². The molecule has 0 radical (unpaired) electrons. The van der Waals surface area contributed by atoms with Crippen molar-refractivity contribution in [1.29, 1.82) is 0 Å². The predicted molar refractivity (Wildman–Crippen MR) is 80.8 cm³/mol. The van der Waals surface area contributed by atoms with Gasteiger partial charge in [0.15, 0.2) is 5.82 Å². The van der Waals surface area contributed by atoms with Crippen molar-refractivity contribution >= 4 is 17.6 Å². The molecule has 0 aromatic carbocycles. The average Bonchev–Trinajstić information content (AvgIpc) is 2.35. The van der Waals surface area contributed by atoms with E-state index in [9.17, 15) is 9.90 Å². The number of rotatable bonds is 7. The summed E-state index contributed by atoms with van der Waals surface area (Å²) >= 11 is 1.57. The van der Waals surface area contributed by atoms with Gasteiger partial charge in [-0.1, -0.05) is 13.8 Å². The van der Waals surface area contributed by atoms with Crippen LogP contribution in [0.4, 0.5) is 5.82 Å². The van der Waals surface area contributed by atoms with Gasteiger partial charge in [0.25, 0.3) is 5.56 Å². The molecule has 0 spiro atoms. The molecule has 0 saturated heterocycles. The average molecular weight is 285 g/mol. The van der Waals surface area contributed by atoms with Gasteiger partial charge in [-0.2, -0.15) is 11.8 Å². The van der Waals surface area contributed by atoms with Crippen LogP contribution in [0.2, 0.25) is 0 Å². The lowest BCUT2D eigenvalue weighted by Crippen LogP contribution is -2.35. The molecule has 1 rings (SSSR count). The summed E-state index contributed by atoms with van der Waals surface area (Å²) in [6.07, 6.45) is 5.27. The zero-order valence-electron chi connectivity index (χ0n) is 12.0. The zero-order chi connectivity index (χ0) is 14.4. The molecule has 0 fully saturated rings. The van der Waals surface area contributed by atoms with Gasteiger partial charge in [0.1, 0.15) is 0 Å². The Morgan fingerprint density at radius 3 is 2.68 bits per heavy atom. The highest BCUT2D eigenvalue weighted by Crippen LogP contribution is 2.13. The molecular formula is C13H23N3O2S. The minimum Gasteiger partial charge on any atom is -0.395 e. The van der Waals surface area contributed by atoms with E-state index in [1.165, 1.54) is 0 Å². The highest BCUT2D eigenvalue weighted by Gasteiger charge is 2.17. The maximum Gasteiger partial charge on any atom is 0.293 e. The first-order valence-corrected chi connectivity index (χ1v) is 7.74. The molecule has 0 amide bonds. The second-order valence-electron chi connectivity index (χ2n) is 5.02. The maximum absolute atomic E-state index is 12.2. The van der Waals surface area contributed by atoms with Crippen LogP contribution in [0.1, 0.15) is 20.8 Å². The molecule has 2 N–H and O–H groups in total. The molecule has 0 aliphatic rings. The number of nitrogens with zero attached hydrogens (tertiary/aromatic N) is 2. The molecule has 0 aliphatic heterocycles. The fraction of sp³-hybridized carbons (Fsp3) is 0.692. The summed E-state index contributed by atoms with van der Waals surface area (Å²) in [5, 5.41) is 12.4. The van der Waals surface area contributed by atoms with Crippen LogP contribution in [0.25, 0.3) is 0 Å². The Morgan fingerprint density at radius 1 is 1.47 bits per heavy atom. The van der Waals surface area contributed by atoms with E-state index in [1.807, 2.05) is 13.2 Å². The molecular weight excluding hydrogens is 262 g/mol. The van der Waals surface area contributed by atoms with E-state index < -0.39 is 0 Å². The van der Waals surface area contributed by atoms with Crippen molar-refractivity contribution in [2.75, 3.05) is 18.2 Å². The van der Waals surface area contributed by atoms with E-state index in [-0.39, 0.29) is 23.5 Å². The third-order valence-corrected chi connectivity index (χ3v) is 4.04. The minimum atomic E-state index is -0.110. The highest BCUT2D eigenvalue weighted by atomic mass is 32.2. The van der Waals surface area contributed by atoms with Crippen LogP contribution in [-0.4, -0.2) is 38.8 Å². The van der Waals surface area contributed by atoms with Crippen molar-refractivity contribution in [3.8, 4) is 0 Å². The van der Waals surface area contributed by atoms with E-state index in [0.29, 0.717) is 18.3 Å². The number of aromatic nitrogens is 2. The van der Waals surface area contributed by atoms with Crippen LogP contribution in [0.5, 0.6) is 0 Å². The third-order valence-electron chi connectivity index (χ3n) is 2.88. The Bertz CT molecular complexity index is 444. The Labute approximate surface area is 118 Å². The molecule has 1 aromatic rings. The second kappa shape index (κ2) is 7.55. The summed E-state index contributed by atoms with van der Waals surface area (Å²) in [4.78, 5) is 16.3. The van der Waals surface area contributed by atoms with Crippen LogP contribution in [0.3, 0.4) is 0 Å². The summed E-state index contributed by atoms with van der Waals surface area (Å²) in [5.41, 5.74) is -0.110. The smallest absolute Gasteiger partial charge is 0.293 e. The number of aliphatic hydroxyl groups excluding tert-OH is 1. The molecule has 108 valence electrons. The van der Waals surface area contributed by atoms with E-state index >= 15 is 0 Å². The minimum absolute atomic E-state index is 0.0184. The maximum atomic E-state index is 12.2. The predicted octanol–water partition coefficient (Wildman–Crippen LogP) is 1.42. The van der Waals surface area contributed by atoms with E-state index in [0.717, 1.165) is 0 Å². The Hall–Kier alpha value is -1.01. The molecule has 1 aromatic heterocycles. The molecule has 5 nitrogen and oxygen atoms in total. The van der Waals surface area contributed by atoms with Crippen LogP contribution in [0.15, 0.2) is 17.2 Å². The number of thioether (sulfide) groups is 1. The number of anilines is 1. The SMILES string of the molecule is CSC(CO)C(C)Nc1nccn(CC(C)C)c1=O. The van der Waals surface area contributed by atoms with Crippen molar-refractivity contribution < 1.29 is 5.11 Å². The molecule has 0 aliphatic carbocycles. The zero-order valence-corrected chi connectivity index (χ0v) is 12.8. The highest BCUT2D eigenvalue weighted by molar-refractivity contribution is 7.99. The molecule has 2 atom stereocenters. The molecule has 0 bridgehead atoms. The van der Waals surface area contributed by atoms with Crippen molar-refractivity contribution in [1.82, 2.24) is 9.55 Å². The Morgan fingerprint density at radius 2 is 2.16 bits per heavy atom. The molecule has 19 heavy (non-hydrogen) atoms. The first kappa shape index (κ1) is 16.0. The molecule has 1 heterocycles. The normalized spacial score (nSPS) is 14.4. The van der Waals surface area contributed by atoms with Gasteiger partial charge in [0.05, 0.1) is 6.61 Å². The quantitative estimate of drug-likeness (QED) is 0.793. The lowest BCUT2D eigenvalue weighted by molar-refractivity contribution is 0.288. The fourth-order valence-electron chi connectivity index (χ4n) is 1.83. The van der Waals surface area contributed by atoms with Crippen molar-refractivity contribution in [2.24, 2.45) is 5.92 Å². The largest absolute Gasteiger partial charge is 0.395 e. The summed E-state index contributed by atoms with van der Waals surface area (Å²) in [6, 6.07) is -0.0184. The van der Waals surface area contributed by atoms with Crippen molar-refractivity contribution in [2.45, 2.75) is 38.6 Å². The van der Waals surface area contributed by atoms with E-state index in [2.05, 4.69) is 24.1 Å². The number of aliphatic hydroxyl groups is 1. The second-order valence-corrected chi connectivity index (χ2v) is 6.09.